The summed E-state index contributed by atoms with van der Waals surface area (Å²) in [5.74, 6) is 1.52. The Morgan fingerprint density at radius 2 is 1.61 bits per heavy atom. The molecule has 0 aliphatic heterocycles. The second kappa shape index (κ2) is 9.78. The van der Waals surface area contributed by atoms with Gasteiger partial charge in [-0.25, -0.2) is 0 Å². The van der Waals surface area contributed by atoms with E-state index in [1.165, 1.54) is 0 Å². The van der Waals surface area contributed by atoms with E-state index in [1.54, 1.807) is 19.2 Å². The van der Waals surface area contributed by atoms with Crippen molar-refractivity contribution in [2.45, 2.75) is 13.2 Å². The van der Waals surface area contributed by atoms with Crippen LogP contribution >= 0.6 is 35.4 Å². The number of nitrogens with one attached hydrogen (secondary N) is 1. The molecule has 3 nitrogen and oxygen atoms in total. The minimum Gasteiger partial charge on any atom is -0.497 e. The zero-order valence-electron chi connectivity index (χ0n) is 15.2. The van der Waals surface area contributed by atoms with Gasteiger partial charge < -0.3 is 14.8 Å². The number of hydrogen-bond acceptors (Lipinski definition) is 3. The predicted molar refractivity (Wildman–Crippen MR) is 119 cm³/mol. The van der Waals surface area contributed by atoms with Gasteiger partial charge in [-0.15, -0.1) is 0 Å². The summed E-state index contributed by atoms with van der Waals surface area (Å²) in [5, 5.41) is 4.43. The molecule has 0 spiro atoms. The van der Waals surface area contributed by atoms with E-state index < -0.39 is 0 Å². The van der Waals surface area contributed by atoms with Gasteiger partial charge in [0.1, 0.15) is 23.1 Å². The van der Waals surface area contributed by atoms with Crippen molar-refractivity contribution in [3.05, 3.63) is 93.5 Å². The van der Waals surface area contributed by atoms with Gasteiger partial charge in [0.2, 0.25) is 0 Å². The Bertz CT molecular complexity index is 941. The van der Waals surface area contributed by atoms with Crippen LogP contribution in [-0.2, 0) is 13.2 Å². The first-order valence-electron chi connectivity index (χ1n) is 8.63. The molecule has 3 aromatic carbocycles. The molecular formula is C22H19Cl2NO2S. The number of hydrogen-bond donors (Lipinski definition) is 1. The molecule has 0 aromatic heterocycles. The van der Waals surface area contributed by atoms with Gasteiger partial charge >= 0.3 is 0 Å². The fraction of sp³-hybridized carbons (Fsp3) is 0.136. The number of benzene rings is 3. The van der Waals surface area contributed by atoms with Crippen LogP contribution in [0.4, 0.5) is 0 Å². The van der Waals surface area contributed by atoms with Crippen LogP contribution in [0.25, 0.3) is 0 Å². The molecule has 28 heavy (non-hydrogen) atoms. The Hall–Kier alpha value is -2.27. The molecule has 0 aliphatic rings. The van der Waals surface area contributed by atoms with Crippen LogP contribution in [0, 0.1) is 0 Å². The minimum absolute atomic E-state index is 0.286. The maximum Gasteiger partial charge on any atom is 0.120 e. The summed E-state index contributed by atoms with van der Waals surface area (Å²) in [6, 6.07) is 20.9. The van der Waals surface area contributed by atoms with Crippen molar-refractivity contribution in [2.75, 3.05) is 7.11 Å². The molecule has 0 radical (unpaired) electrons. The fourth-order valence-electron chi connectivity index (χ4n) is 2.58. The van der Waals surface area contributed by atoms with Gasteiger partial charge in [0.25, 0.3) is 0 Å². The SMILES string of the molecule is COc1ccc(CNC(=S)c2cccc(OCc3c(Cl)cccc3Cl)c2)cc1. The third kappa shape index (κ3) is 5.38. The third-order valence-corrected chi connectivity index (χ3v) is 5.24. The smallest absolute Gasteiger partial charge is 0.120 e. The summed E-state index contributed by atoms with van der Waals surface area (Å²) in [7, 11) is 1.65. The van der Waals surface area contributed by atoms with E-state index in [2.05, 4.69) is 5.32 Å². The lowest BCUT2D eigenvalue weighted by Crippen LogP contribution is -2.21. The molecule has 1 N–H and O–H groups in total. The molecule has 0 atom stereocenters. The molecule has 0 fully saturated rings. The first kappa shape index (κ1) is 20.5. The molecule has 0 unspecified atom stereocenters. The molecule has 0 saturated heterocycles. The summed E-state index contributed by atoms with van der Waals surface area (Å²) in [6.07, 6.45) is 0. The zero-order chi connectivity index (χ0) is 19.9. The zero-order valence-corrected chi connectivity index (χ0v) is 17.6. The standard InChI is InChI=1S/C22H19Cl2NO2S/c1-26-17-10-8-15(9-11-17)13-25-22(28)16-4-2-5-18(12-16)27-14-19-20(23)6-3-7-21(19)24/h2-12H,13-14H2,1H3,(H,25,28). The largest absolute Gasteiger partial charge is 0.497 e. The van der Waals surface area contributed by atoms with Gasteiger partial charge in [-0.05, 0) is 42.0 Å². The monoisotopic (exact) mass is 431 g/mol. The lowest BCUT2D eigenvalue weighted by atomic mass is 10.2. The lowest BCUT2D eigenvalue weighted by molar-refractivity contribution is 0.306. The molecule has 0 aliphatic carbocycles. The Morgan fingerprint density at radius 3 is 2.29 bits per heavy atom. The first-order chi connectivity index (χ1) is 13.6. The van der Waals surface area contributed by atoms with Crippen molar-refractivity contribution < 1.29 is 9.47 Å². The summed E-state index contributed by atoms with van der Waals surface area (Å²) in [4.78, 5) is 0.650. The van der Waals surface area contributed by atoms with E-state index in [1.807, 2.05) is 54.6 Å². The van der Waals surface area contributed by atoms with Crippen LogP contribution < -0.4 is 14.8 Å². The van der Waals surface area contributed by atoms with Crippen LogP contribution in [-0.4, -0.2) is 12.1 Å². The second-order valence-corrected chi connectivity index (χ2v) is 7.27. The molecule has 3 rings (SSSR count). The van der Waals surface area contributed by atoms with Gasteiger partial charge in [0.05, 0.1) is 7.11 Å². The van der Waals surface area contributed by atoms with Crippen LogP contribution in [0.5, 0.6) is 11.5 Å². The Morgan fingerprint density at radius 1 is 0.929 bits per heavy atom. The van der Waals surface area contributed by atoms with Crippen molar-refractivity contribution in [1.82, 2.24) is 5.32 Å². The molecule has 0 bridgehead atoms. The average molecular weight is 432 g/mol. The summed E-state index contributed by atoms with van der Waals surface area (Å²) in [5.41, 5.74) is 2.76. The average Bonchev–Trinajstić information content (AvgIpc) is 2.72. The quantitative estimate of drug-likeness (QED) is 0.461. The number of rotatable bonds is 7. The van der Waals surface area contributed by atoms with Crippen molar-refractivity contribution >= 4 is 40.4 Å². The van der Waals surface area contributed by atoms with Crippen molar-refractivity contribution in [3.63, 3.8) is 0 Å². The number of halogens is 2. The van der Waals surface area contributed by atoms with Crippen LogP contribution in [0.3, 0.4) is 0 Å². The molecule has 144 valence electrons. The van der Waals surface area contributed by atoms with E-state index in [0.29, 0.717) is 27.3 Å². The van der Waals surface area contributed by atoms with E-state index >= 15 is 0 Å². The molecule has 0 saturated carbocycles. The highest BCUT2D eigenvalue weighted by Gasteiger charge is 2.08. The number of ether oxygens (including phenoxy) is 2. The van der Waals surface area contributed by atoms with Gasteiger partial charge in [-0.3, -0.25) is 0 Å². The minimum atomic E-state index is 0.286. The fourth-order valence-corrected chi connectivity index (χ4v) is 3.29. The molecule has 0 heterocycles. The highest BCUT2D eigenvalue weighted by Crippen LogP contribution is 2.26. The summed E-state index contributed by atoms with van der Waals surface area (Å²) in [6.45, 7) is 0.914. The molecule has 3 aromatic rings. The van der Waals surface area contributed by atoms with E-state index in [4.69, 9.17) is 44.9 Å². The van der Waals surface area contributed by atoms with Gasteiger partial charge in [-0.1, -0.05) is 65.8 Å². The molecular weight excluding hydrogens is 413 g/mol. The van der Waals surface area contributed by atoms with Crippen LogP contribution in [0.15, 0.2) is 66.7 Å². The van der Waals surface area contributed by atoms with Gasteiger partial charge in [-0.2, -0.15) is 0 Å². The highest BCUT2D eigenvalue weighted by molar-refractivity contribution is 7.80. The van der Waals surface area contributed by atoms with E-state index in [0.717, 1.165) is 22.4 Å². The lowest BCUT2D eigenvalue weighted by Gasteiger charge is -2.12. The topological polar surface area (TPSA) is 30.5 Å². The number of methoxy groups -OCH3 is 1. The maximum absolute atomic E-state index is 6.19. The van der Waals surface area contributed by atoms with Crippen molar-refractivity contribution in [1.29, 1.82) is 0 Å². The molecule has 0 amide bonds. The second-order valence-electron chi connectivity index (χ2n) is 6.05. The number of thiocarbonyl (C=S) groups is 1. The Kier molecular flexibility index (Phi) is 7.15. The van der Waals surface area contributed by atoms with Crippen molar-refractivity contribution in [3.8, 4) is 11.5 Å². The van der Waals surface area contributed by atoms with Crippen LogP contribution in [0.1, 0.15) is 16.7 Å². The van der Waals surface area contributed by atoms with E-state index in [9.17, 15) is 0 Å². The van der Waals surface area contributed by atoms with Gasteiger partial charge in [0.15, 0.2) is 0 Å². The maximum atomic E-state index is 6.19. The Labute approximate surface area is 180 Å². The normalized spacial score (nSPS) is 10.4. The Balaban J connectivity index is 1.61. The van der Waals surface area contributed by atoms with Gasteiger partial charge in [0, 0.05) is 27.7 Å². The first-order valence-corrected chi connectivity index (χ1v) is 9.80. The third-order valence-electron chi connectivity index (χ3n) is 4.15. The highest BCUT2D eigenvalue weighted by atomic mass is 35.5. The molecule has 6 heteroatoms. The summed E-state index contributed by atoms with van der Waals surface area (Å²) < 4.78 is 11.0. The summed E-state index contributed by atoms with van der Waals surface area (Å²) >= 11 is 17.9. The van der Waals surface area contributed by atoms with Crippen LogP contribution in [0.2, 0.25) is 10.0 Å². The van der Waals surface area contributed by atoms with Crippen molar-refractivity contribution in [2.24, 2.45) is 0 Å². The predicted octanol–water partition coefficient (Wildman–Crippen LogP) is 6.05. The van der Waals surface area contributed by atoms with E-state index in [-0.39, 0.29) is 6.61 Å².